The lowest BCUT2D eigenvalue weighted by atomic mass is 9.89. The van der Waals surface area contributed by atoms with Crippen molar-refractivity contribution in [2.45, 2.75) is 18.9 Å². The Kier molecular flexibility index (Phi) is 3.13. The Morgan fingerprint density at radius 1 is 1.50 bits per heavy atom. The van der Waals surface area contributed by atoms with E-state index in [1.165, 1.54) is 0 Å². The molecule has 3 nitrogen and oxygen atoms in total. The Balaban J connectivity index is 3.13. The third kappa shape index (κ3) is 1.89. The Hall–Kier alpha value is -1.06. The molecule has 1 aromatic carbocycles. The molecule has 0 spiro atoms. The van der Waals surface area contributed by atoms with Gasteiger partial charge in [-0.1, -0.05) is 30.7 Å². The van der Waals surface area contributed by atoms with Gasteiger partial charge < -0.3 is 10.8 Å². The number of carboxylic acid groups (broad SMARTS) is 1. The van der Waals surface area contributed by atoms with Crippen LogP contribution in [-0.2, 0) is 10.3 Å². The first kappa shape index (κ1) is 11.0. The Labute approximate surface area is 87.5 Å². The minimum absolute atomic E-state index is 0.337. The van der Waals surface area contributed by atoms with Crippen LogP contribution in [0, 0.1) is 0 Å². The van der Waals surface area contributed by atoms with Crippen molar-refractivity contribution >= 4 is 17.6 Å². The van der Waals surface area contributed by atoms with Crippen LogP contribution in [0.1, 0.15) is 18.9 Å². The maximum atomic E-state index is 11.0. The second kappa shape index (κ2) is 3.98. The van der Waals surface area contributed by atoms with E-state index >= 15 is 0 Å². The Morgan fingerprint density at radius 3 is 2.36 bits per heavy atom. The fraction of sp³-hybridized carbons (Fsp3) is 0.300. The summed E-state index contributed by atoms with van der Waals surface area (Å²) in [5.41, 5.74) is 5.02. The number of carboxylic acids is 1. The summed E-state index contributed by atoms with van der Waals surface area (Å²) in [5, 5.41) is 9.56. The minimum atomic E-state index is -1.31. The van der Waals surface area contributed by atoms with E-state index in [1.807, 2.05) is 0 Å². The molecule has 4 heteroatoms. The first-order chi connectivity index (χ1) is 6.50. The van der Waals surface area contributed by atoms with Crippen molar-refractivity contribution < 1.29 is 9.90 Å². The van der Waals surface area contributed by atoms with Gasteiger partial charge in [-0.15, -0.1) is 0 Å². The van der Waals surface area contributed by atoms with Crippen LogP contribution in [0.2, 0.25) is 5.02 Å². The molecule has 0 aliphatic heterocycles. The Morgan fingerprint density at radius 2 is 2.00 bits per heavy atom. The van der Waals surface area contributed by atoms with Gasteiger partial charge in [-0.3, -0.25) is 0 Å². The quantitative estimate of drug-likeness (QED) is 0.807. The molecule has 1 atom stereocenters. The first-order valence-electron chi connectivity index (χ1n) is 4.29. The molecule has 1 aromatic rings. The summed E-state index contributed by atoms with van der Waals surface area (Å²) in [6.45, 7) is 1.74. The molecule has 0 amide bonds. The molecule has 0 heterocycles. The highest BCUT2D eigenvalue weighted by Gasteiger charge is 2.33. The first-order valence-corrected chi connectivity index (χ1v) is 4.67. The van der Waals surface area contributed by atoms with Crippen LogP contribution in [0.3, 0.4) is 0 Å². The average molecular weight is 214 g/mol. The van der Waals surface area contributed by atoms with Crippen LogP contribution < -0.4 is 5.73 Å². The van der Waals surface area contributed by atoms with E-state index in [-0.39, 0.29) is 0 Å². The van der Waals surface area contributed by atoms with Gasteiger partial charge in [0, 0.05) is 5.02 Å². The topological polar surface area (TPSA) is 63.3 Å². The standard InChI is InChI=1S/C10H12ClNO2/c1-2-10(12,9(13)14)7-3-5-8(11)6-4-7/h3-6H,2,12H2,1H3,(H,13,14). The van der Waals surface area contributed by atoms with E-state index in [9.17, 15) is 4.79 Å². The number of hydrogen-bond donors (Lipinski definition) is 2. The summed E-state index contributed by atoms with van der Waals surface area (Å²) >= 11 is 5.70. The van der Waals surface area contributed by atoms with Gasteiger partial charge in [-0.05, 0) is 24.1 Å². The van der Waals surface area contributed by atoms with E-state index in [0.717, 1.165) is 0 Å². The van der Waals surface area contributed by atoms with Gasteiger partial charge in [0.2, 0.25) is 0 Å². The second-order valence-corrected chi connectivity index (χ2v) is 3.57. The number of nitrogens with two attached hydrogens (primary N) is 1. The van der Waals surface area contributed by atoms with Crippen LogP contribution in [0.5, 0.6) is 0 Å². The number of rotatable bonds is 3. The molecule has 1 rings (SSSR count). The molecule has 1 unspecified atom stereocenters. The number of halogens is 1. The lowest BCUT2D eigenvalue weighted by Gasteiger charge is -2.23. The van der Waals surface area contributed by atoms with Crippen molar-refractivity contribution in [3.05, 3.63) is 34.9 Å². The van der Waals surface area contributed by atoms with Gasteiger partial charge >= 0.3 is 5.97 Å². The van der Waals surface area contributed by atoms with Crippen molar-refractivity contribution in [2.24, 2.45) is 5.73 Å². The number of carbonyl (C=O) groups is 1. The number of hydrogen-bond acceptors (Lipinski definition) is 2. The molecule has 3 N–H and O–H groups in total. The van der Waals surface area contributed by atoms with Crippen LogP contribution in [0.4, 0.5) is 0 Å². The SMILES string of the molecule is CCC(N)(C(=O)O)c1ccc(Cl)cc1. The molecule has 0 saturated carbocycles. The zero-order valence-corrected chi connectivity index (χ0v) is 8.58. The summed E-state index contributed by atoms with van der Waals surface area (Å²) < 4.78 is 0. The summed E-state index contributed by atoms with van der Waals surface area (Å²) in [6.07, 6.45) is 0.337. The lowest BCUT2D eigenvalue weighted by Crippen LogP contribution is -2.44. The van der Waals surface area contributed by atoms with Crippen molar-refractivity contribution in [3.8, 4) is 0 Å². The molecule has 14 heavy (non-hydrogen) atoms. The van der Waals surface area contributed by atoms with Crippen molar-refractivity contribution in [2.75, 3.05) is 0 Å². The maximum Gasteiger partial charge on any atom is 0.328 e. The number of aliphatic carboxylic acids is 1. The normalized spacial score (nSPS) is 14.8. The monoisotopic (exact) mass is 213 g/mol. The molecule has 0 bridgehead atoms. The van der Waals surface area contributed by atoms with Crippen molar-refractivity contribution in [3.63, 3.8) is 0 Å². The lowest BCUT2D eigenvalue weighted by molar-refractivity contribution is -0.143. The van der Waals surface area contributed by atoms with Gasteiger partial charge in [0.15, 0.2) is 0 Å². The van der Waals surface area contributed by atoms with E-state index < -0.39 is 11.5 Å². The number of benzene rings is 1. The summed E-state index contributed by atoms with van der Waals surface area (Å²) in [4.78, 5) is 11.0. The smallest absolute Gasteiger partial charge is 0.328 e. The largest absolute Gasteiger partial charge is 0.480 e. The molecule has 76 valence electrons. The fourth-order valence-corrected chi connectivity index (χ4v) is 1.35. The zero-order valence-electron chi connectivity index (χ0n) is 7.83. The highest BCUT2D eigenvalue weighted by atomic mass is 35.5. The molecular weight excluding hydrogens is 202 g/mol. The van der Waals surface area contributed by atoms with Gasteiger partial charge in [0.25, 0.3) is 0 Å². The van der Waals surface area contributed by atoms with Gasteiger partial charge in [0.1, 0.15) is 5.54 Å². The van der Waals surface area contributed by atoms with Gasteiger partial charge in [-0.25, -0.2) is 4.79 Å². The zero-order chi connectivity index (χ0) is 10.8. The van der Waals surface area contributed by atoms with Crippen molar-refractivity contribution in [1.29, 1.82) is 0 Å². The summed E-state index contributed by atoms with van der Waals surface area (Å²) in [6, 6.07) is 6.55. The van der Waals surface area contributed by atoms with Crippen LogP contribution in [0.25, 0.3) is 0 Å². The average Bonchev–Trinajstić information content (AvgIpc) is 2.17. The predicted octanol–water partition coefficient (Wildman–Crippen LogP) is 1.99. The molecular formula is C10H12ClNO2. The predicted molar refractivity (Wildman–Crippen MR) is 55.2 cm³/mol. The molecule has 0 aliphatic rings. The van der Waals surface area contributed by atoms with E-state index in [0.29, 0.717) is 17.0 Å². The van der Waals surface area contributed by atoms with E-state index in [2.05, 4.69) is 0 Å². The molecule has 0 aliphatic carbocycles. The maximum absolute atomic E-state index is 11.0. The van der Waals surface area contributed by atoms with E-state index in [1.54, 1.807) is 31.2 Å². The van der Waals surface area contributed by atoms with Crippen LogP contribution >= 0.6 is 11.6 Å². The van der Waals surface area contributed by atoms with Gasteiger partial charge in [-0.2, -0.15) is 0 Å². The van der Waals surface area contributed by atoms with Crippen molar-refractivity contribution in [1.82, 2.24) is 0 Å². The molecule has 0 saturated heterocycles. The second-order valence-electron chi connectivity index (χ2n) is 3.14. The van der Waals surface area contributed by atoms with E-state index in [4.69, 9.17) is 22.4 Å². The highest BCUT2D eigenvalue weighted by molar-refractivity contribution is 6.30. The minimum Gasteiger partial charge on any atom is -0.480 e. The molecule has 0 aromatic heterocycles. The third-order valence-electron chi connectivity index (χ3n) is 2.30. The Bertz CT molecular complexity index is 336. The van der Waals surface area contributed by atoms with Crippen LogP contribution in [0.15, 0.2) is 24.3 Å². The van der Waals surface area contributed by atoms with Crippen LogP contribution in [-0.4, -0.2) is 11.1 Å². The highest BCUT2D eigenvalue weighted by Crippen LogP contribution is 2.23. The van der Waals surface area contributed by atoms with Gasteiger partial charge in [0.05, 0.1) is 0 Å². The molecule has 0 radical (unpaired) electrons. The third-order valence-corrected chi connectivity index (χ3v) is 2.55. The summed E-state index contributed by atoms with van der Waals surface area (Å²) in [5.74, 6) is -1.03. The summed E-state index contributed by atoms with van der Waals surface area (Å²) in [7, 11) is 0. The fourth-order valence-electron chi connectivity index (χ4n) is 1.23. The molecule has 0 fully saturated rings.